The number of aromatic hydroxyl groups is 1. The quantitative estimate of drug-likeness (QED) is 0.636. The van der Waals surface area contributed by atoms with E-state index in [-0.39, 0.29) is 18.1 Å². The highest BCUT2D eigenvalue weighted by molar-refractivity contribution is 5.77. The van der Waals surface area contributed by atoms with Gasteiger partial charge >= 0.3 is 11.9 Å². The summed E-state index contributed by atoms with van der Waals surface area (Å²) in [6.45, 7) is 0.340. The van der Waals surface area contributed by atoms with Crippen LogP contribution in [-0.4, -0.2) is 39.8 Å². The van der Waals surface area contributed by atoms with Gasteiger partial charge in [0.2, 0.25) is 0 Å². The van der Waals surface area contributed by atoms with Gasteiger partial charge in [-0.1, -0.05) is 18.2 Å². The Hall–Kier alpha value is -2.08. The largest absolute Gasteiger partial charge is 0.508 e. The highest BCUT2D eigenvalue weighted by Crippen LogP contribution is 2.38. The van der Waals surface area contributed by atoms with Gasteiger partial charge in [-0.15, -0.1) is 0 Å². The molecule has 0 aromatic heterocycles. The van der Waals surface area contributed by atoms with Crippen molar-refractivity contribution in [1.29, 1.82) is 0 Å². The second-order valence-electron chi connectivity index (χ2n) is 4.65. The number of hydrogen-bond acceptors (Lipinski definition) is 4. The van der Waals surface area contributed by atoms with Gasteiger partial charge in [0.05, 0.1) is 6.42 Å². The van der Waals surface area contributed by atoms with Crippen LogP contribution >= 0.6 is 0 Å². The van der Waals surface area contributed by atoms with Crippen LogP contribution < -0.4 is 5.32 Å². The van der Waals surface area contributed by atoms with Crippen molar-refractivity contribution in [3.05, 3.63) is 29.8 Å². The third-order valence-corrected chi connectivity index (χ3v) is 3.52. The zero-order valence-electron chi connectivity index (χ0n) is 10.1. The second-order valence-corrected chi connectivity index (χ2v) is 4.65. The Morgan fingerprint density at radius 1 is 1.26 bits per heavy atom. The van der Waals surface area contributed by atoms with E-state index in [2.05, 4.69) is 5.32 Å². The molecule has 0 spiro atoms. The summed E-state index contributed by atoms with van der Waals surface area (Å²) >= 11 is 0. The predicted molar refractivity (Wildman–Crippen MR) is 66.0 cm³/mol. The number of hydrogen-bond donors (Lipinski definition) is 4. The van der Waals surface area contributed by atoms with Crippen LogP contribution in [0.3, 0.4) is 0 Å². The molecule has 0 aliphatic carbocycles. The first kappa shape index (κ1) is 13.4. The molecule has 1 aromatic rings. The van der Waals surface area contributed by atoms with E-state index < -0.39 is 23.9 Å². The lowest BCUT2D eigenvalue weighted by Gasteiger charge is -2.21. The molecule has 0 amide bonds. The average Bonchev–Trinajstić information content (AvgIpc) is 2.72. The second kappa shape index (κ2) is 5.27. The molecule has 0 unspecified atom stereocenters. The number of aliphatic carboxylic acids is 2. The summed E-state index contributed by atoms with van der Waals surface area (Å²) in [4.78, 5) is 22.0. The smallest absolute Gasteiger partial charge is 0.321 e. The normalized spacial score (nSPS) is 26.2. The minimum Gasteiger partial charge on any atom is -0.508 e. The molecule has 1 fully saturated rings. The Bertz CT molecular complexity index is 502. The topological polar surface area (TPSA) is 107 Å². The zero-order chi connectivity index (χ0) is 14.0. The lowest BCUT2D eigenvalue weighted by molar-refractivity contribution is -0.142. The summed E-state index contributed by atoms with van der Waals surface area (Å²) in [7, 11) is 0. The Kier molecular flexibility index (Phi) is 3.71. The fraction of sp³-hybridized carbons (Fsp3) is 0.385. The molecule has 1 heterocycles. The molecule has 3 atom stereocenters. The van der Waals surface area contributed by atoms with E-state index in [1.165, 1.54) is 6.07 Å². The van der Waals surface area contributed by atoms with E-state index in [0.29, 0.717) is 12.1 Å². The molecular weight excluding hydrogens is 250 g/mol. The van der Waals surface area contributed by atoms with Crippen LogP contribution in [0.1, 0.15) is 17.9 Å². The number of benzene rings is 1. The number of phenols is 1. The molecule has 0 radical (unpaired) electrons. The first-order chi connectivity index (χ1) is 9.00. The minimum atomic E-state index is -1.07. The monoisotopic (exact) mass is 265 g/mol. The van der Waals surface area contributed by atoms with E-state index >= 15 is 0 Å². The molecule has 1 aromatic carbocycles. The summed E-state index contributed by atoms with van der Waals surface area (Å²) in [5, 5.41) is 30.7. The minimum absolute atomic E-state index is 0.0655. The van der Waals surface area contributed by atoms with Crippen LogP contribution in [0.5, 0.6) is 5.75 Å². The fourth-order valence-corrected chi connectivity index (χ4v) is 2.66. The Morgan fingerprint density at radius 2 is 1.95 bits per heavy atom. The molecule has 1 aliphatic heterocycles. The molecule has 102 valence electrons. The Balaban J connectivity index is 2.31. The molecule has 6 heteroatoms. The highest BCUT2D eigenvalue weighted by atomic mass is 16.4. The number of carboxylic acid groups (broad SMARTS) is 2. The van der Waals surface area contributed by atoms with E-state index in [0.717, 1.165) is 0 Å². The van der Waals surface area contributed by atoms with Crippen LogP contribution in [0.15, 0.2) is 24.3 Å². The van der Waals surface area contributed by atoms with Crippen molar-refractivity contribution >= 4 is 11.9 Å². The maximum atomic E-state index is 11.1. The number of carboxylic acids is 2. The molecule has 1 saturated heterocycles. The molecule has 4 N–H and O–H groups in total. The Morgan fingerprint density at radius 3 is 2.53 bits per heavy atom. The SMILES string of the molecule is O=C(O)C[C@H]1[C@@H](C(=O)O)NC[C@H]1c1ccccc1O. The van der Waals surface area contributed by atoms with Gasteiger partial charge < -0.3 is 20.6 Å². The third-order valence-electron chi connectivity index (χ3n) is 3.52. The van der Waals surface area contributed by atoms with Crippen LogP contribution in [-0.2, 0) is 9.59 Å². The van der Waals surface area contributed by atoms with Crippen molar-refractivity contribution in [1.82, 2.24) is 5.32 Å². The average molecular weight is 265 g/mol. The van der Waals surface area contributed by atoms with Crippen molar-refractivity contribution < 1.29 is 24.9 Å². The zero-order valence-corrected chi connectivity index (χ0v) is 10.1. The van der Waals surface area contributed by atoms with Crippen LogP contribution in [0.4, 0.5) is 0 Å². The summed E-state index contributed by atoms with van der Waals surface area (Å²) < 4.78 is 0. The fourth-order valence-electron chi connectivity index (χ4n) is 2.66. The maximum absolute atomic E-state index is 11.1. The summed E-state index contributed by atoms with van der Waals surface area (Å²) in [5.41, 5.74) is 0.588. The first-order valence-corrected chi connectivity index (χ1v) is 5.96. The molecule has 0 bridgehead atoms. The van der Waals surface area contributed by atoms with Gasteiger partial charge in [-0.25, -0.2) is 0 Å². The Labute approximate surface area is 109 Å². The van der Waals surface area contributed by atoms with Gasteiger partial charge in [-0.2, -0.15) is 0 Å². The molecule has 19 heavy (non-hydrogen) atoms. The van der Waals surface area contributed by atoms with Crippen molar-refractivity contribution in [2.24, 2.45) is 5.92 Å². The number of carbonyl (C=O) groups is 2. The van der Waals surface area contributed by atoms with Gasteiger partial charge in [0, 0.05) is 18.4 Å². The van der Waals surface area contributed by atoms with Crippen LogP contribution in [0, 0.1) is 5.92 Å². The molecular formula is C13H15NO5. The van der Waals surface area contributed by atoms with E-state index in [1.807, 2.05) is 0 Å². The molecule has 1 aliphatic rings. The van der Waals surface area contributed by atoms with Gasteiger partial charge in [0.1, 0.15) is 11.8 Å². The van der Waals surface area contributed by atoms with E-state index in [4.69, 9.17) is 10.2 Å². The van der Waals surface area contributed by atoms with Crippen LogP contribution in [0.2, 0.25) is 0 Å². The maximum Gasteiger partial charge on any atom is 0.321 e. The highest BCUT2D eigenvalue weighted by Gasteiger charge is 2.42. The third kappa shape index (κ3) is 2.68. The van der Waals surface area contributed by atoms with Crippen LogP contribution in [0.25, 0.3) is 0 Å². The van der Waals surface area contributed by atoms with Crippen molar-refractivity contribution in [3.63, 3.8) is 0 Å². The van der Waals surface area contributed by atoms with Crippen molar-refractivity contribution in [3.8, 4) is 5.75 Å². The van der Waals surface area contributed by atoms with E-state index in [1.54, 1.807) is 18.2 Å². The molecule has 6 nitrogen and oxygen atoms in total. The summed E-state index contributed by atoms with van der Waals surface area (Å²) in [6, 6.07) is 5.71. The van der Waals surface area contributed by atoms with E-state index in [9.17, 15) is 14.7 Å². The number of phenolic OH excluding ortho intramolecular Hbond substituents is 1. The lowest BCUT2D eigenvalue weighted by Crippen LogP contribution is -2.36. The summed E-state index contributed by atoms with van der Waals surface area (Å²) in [5.74, 6) is -2.94. The predicted octanol–water partition coefficient (Wildman–Crippen LogP) is 0.623. The number of rotatable bonds is 4. The molecule has 2 rings (SSSR count). The standard InChI is InChI=1S/C13H15NO5/c15-10-4-2-1-3-7(10)9-6-14-12(13(18)19)8(9)5-11(16)17/h1-4,8-9,12,14-15H,5-6H2,(H,16,17)(H,18,19)/t8-,9+,12+/m1/s1. The van der Waals surface area contributed by atoms with Crippen molar-refractivity contribution in [2.45, 2.75) is 18.4 Å². The summed E-state index contributed by atoms with van der Waals surface area (Å²) in [6.07, 6.45) is -0.247. The van der Waals surface area contributed by atoms with Gasteiger partial charge in [0.25, 0.3) is 0 Å². The number of nitrogens with one attached hydrogen (secondary N) is 1. The number of para-hydroxylation sites is 1. The first-order valence-electron chi connectivity index (χ1n) is 5.96. The van der Waals surface area contributed by atoms with Gasteiger partial charge in [0.15, 0.2) is 0 Å². The van der Waals surface area contributed by atoms with Gasteiger partial charge in [-0.05, 0) is 11.6 Å². The van der Waals surface area contributed by atoms with Crippen molar-refractivity contribution in [2.75, 3.05) is 6.54 Å². The molecule has 0 saturated carbocycles. The lowest BCUT2D eigenvalue weighted by atomic mass is 9.82. The van der Waals surface area contributed by atoms with Gasteiger partial charge in [-0.3, -0.25) is 9.59 Å².